The smallest absolute Gasteiger partial charge is 0.462 e. The van der Waals surface area contributed by atoms with Crippen LogP contribution in [-0.2, 0) is 65.4 Å². The number of phosphoric acid groups is 2. The molecule has 0 heterocycles. The van der Waals surface area contributed by atoms with Gasteiger partial charge in [-0.1, -0.05) is 375 Å². The van der Waals surface area contributed by atoms with Crippen LogP contribution in [0.1, 0.15) is 427 Å². The molecule has 5 atom stereocenters. The molecule has 0 saturated carbocycles. The van der Waals surface area contributed by atoms with Gasteiger partial charge in [-0.15, -0.1) is 0 Å². The molecule has 0 bridgehead atoms. The van der Waals surface area contributed by atoms with E-state index in [0.29, 0.717) is 25.7 Å². The second kappa shape index (κ2) is 72.6. The van der Waals surface area contributed by atoms with Crippen molar-refractivity contribution in [3.05, 3.63) is 0 Å². The molecular formula is C81H158O17P2. The van der Waals surface area contributed by atoms with Gasteiger partial charge in [0.1, 0.15) is 19.3 Å². The highest BCUT2D eigenvalue weighted by Gasteiger charge is 2.30. The standard InChI is InChI=1S/C81H158O17P2/c1-7-9-11-13-15-17-19-21-23-25-26-27-29-31-35-39-47-53-59-65-80(85)97-76(69-91-78(83)63-57-51-45-38-34-30-28-24-22-20-18-16-14-12-10-8-2)71-95-99(87,88)93-67-75(82)68-94-100(89,90)96-72-77(70-92-79(84)64-58-52-46-42-41-44-50-56-62-74(5)6)98-81(86)66-60-54-48-40-36-32-33-37-43-49-55-61-73(3)4/h73-77,82H,7-72H2,1-6H3,(H,87,88)(H,89,90)/t75-,76-,77-/m1/s1. The van der Waals surface area contributed by atoms with E-state index in [2.05, 4.69) is 41.5 Å². The fourth-order valence-electron chi connectivity index (χ4n) is 12.5. The first-order valence-electron chi connectivity index (χ1n) is 42.0. The summed E-state index contributed by atoms with van der Waals surface area (Å²) in [6.45, 7) is 9.60. The number of hydrogen-bond donors (Lipinski definition) is 3. The average Bonchev–Trinajstić information content (AvgIpc) is 0.930. The number of unbranched alkanes of at least 4 members (excludes halogenated alkanes) is 50. The summed E-state index contributed by atoms with van der Waals surface area (Å²) in [5.74, 6) is -0.617. The Hall–Kier alpha value is -1.94. The Balaban J connectivity index is 5.25. The molecule has 17 nitrogen and oxygen atoms in total. The summed E-state index contributed by atoms with van der Waals surface area (Å²) in [4.78, 5) is 73.0. The van der Waals surface area contributed by atoms with E-state index in [1.54, 1.807) is 0 Å². The van der Waals surface area contributed by atoms with Crippen LogP contribution in [0.15, 0.2) is 0 Å². The van der Waals surface area contributed by atoms with Crippen molar-refractivity contribution in [2.24, 2.45) is 11.8 Å². The number of esters is 4. The Bertz CT molecular complexity index is 1920. The van der Waals surface area contributed by atoms with Gasteiger partial charge in [-0.25, -0.2) is 9.13 Å². The number of hydrogen-bond acceptors (Lipinski definition) is 15. The zero-order valence-electron chi connectivity index (χ0n) is 65.5. The first-order valence-corrected chi connectivity index (χ1v) is 45.0. The number of phosphoric ester groups is 2. The maximum absolute atomic E-state index is 13.1. The zero-order chi connectivity index (χ0) is 73.5. The lowest BCUT2D eigenvalue weighted by Gasteiger charge is -2.21. The van der Waals surface area contributed by atoms with Crippen LogP contribution in [0, 0.1) is 11.8 Å². The topological polar surface area (TPSA) is 237 Å². The Morgan fingerprint density at radius 2 is 0.460 bits per heavy atom. The third kappa shape index (κ3) is 74.3. The summed E-state index contributed by atoms with van der Waals surface area (Å²) < 4.78 is 68.7. The molecule has 0 aromatic heterocycles. The highest BCUT2D eigenvalue weighted by Crippen LogP contribution is 2.45. The van der Waals surface area contributed by atoms with Gasteiger partial charge in [0.2, 0.25) is 0 Å². The number of ether oxygens (including phenoxy) is 4. The summed E-state index contributed by atoms with van der Waals surface area (Å²) in [5, 5.41) is 10.6. The SMILES string of the molecule is CCCCCCCCCCCCCCCCCCCCCC(=O)O[C@H](COC(=O)CCCCCCCCCCCCCCCCCC)COP(=O)(O)OC[C@@H](O)COP(=O)(O)OC[C@@H](COC(=O)CCCCCCCCCCC(C)C)OC(=O)CCCCCCCCCCCCCC(C)C. The van der Waals surface area contributed by atoms with Gasteiger partial charge in [-0.2, -0.15) is 0 Å². The quantitative estimate of drug-likeness (QED) is 0.0222. The predicted molar refractivity (Wildman–Crippen MR) is 409 cm³/mol. The summed E-state index contributed by atoms with van der Waals surface area (Å²) >= 11 is 0. The fraction of sp³-hybridized carbons (Fsp3) is 0.951. The van der Waals surface area contributed by atoms with Gasteiger partial charge in [-0.05, 0) is 37.5 Å². The lowest BCUT2D eigenvalue weighted by molar-refractivity contribution is -0.161. The molecule has 0 aliphatic carbocycles. The molecule has 0 spiro atoms. The maximum Gasteiger partial charge on any atom is 0.472 e. The fourth-order valence-corrected chi connectivity index (χ4v) is 14.1. The van der Waals surface area contributed by atoms with E-state index in [1.165, 1.54) is 244 Å². The highest BCUT2D eigenvalue weighted by atomic mass is 31.2. The normalized spacial score (nSPS) is 13.9. The van der Waals surface area contributed by atoms with Crippen molar-refractivity contribution in [1.82, 2.24) is 0 Å². The molecule has 3 N–H and O–H groups in total. The Kier molecular flexibility index (Phi) is 71.2. The first-order chi connectivity index (χ1) is 48.4. The Morgan fingerprint density at radius 3 is 0.680 bits per heavy atom. The van der Waals surface area contributed by atoms with Gasteiger partial charge in [-0.3, -0.25) is 37.3 Å². The minimum atomic E-state index is -4.96. The second-order valence-corrected chi connectivity index (χ2v) is 33.0. The zero-order valence-corrected chi connectivity index (χ0v) is 67.3. The van der Waals surface area contributed by atoms with Crippen molar-refractivity contribution in [2.75, 3.05) is 39.6 Å². The van der Waals surface area contributed by atoms with E-state index in [1.807, 2.05) is 0 Å². The Morgan fingerprint density at radius 1 is 0.270 bits per heavy atom. The second-order valence-electron chi connectivity index (χ2n) is 30.1. The number of aliphatic hydroxyl groups is 1. The molecule has 19 heteroatoms. The van der Waals surface area contributed by atoms with Crippen molar-refractivity contribution in [3.63, 3.8) is 0 Å². The molecule has 0 radical (unpaired) electrons. The summed E-state index contributed by atoms with van der Waals surface area (Å²) in [6.07, 6.45) is 62.5. The third-order valence-electron chi connectivity index (χ3n) is 19.0. The molecule has 0 saturated heterocycles. The van der Waals surface area contributed by atoms with Crippen LogP contribution in [0.5, 0.6) is 0 Å². The molecule has 0 amide bonds. The van der Waals surface area contributed by atoms with Crippen molar-refractivity contribution in [3.8, 4) is 0 Å². The number of rotatable bonds is 80. The van der Waals surface area contributed by atoms with Crippen LogP contribution in [-0.4, -0.2) is 96.7 Å². The summed E-state index contributed by atoms with van der Waals surface area (Å²) in [7, 11) is -9.92. The van der Waals surface area contributed by atoms with E-state index in [-0.39, 0.29) is 25.7 Å². The van der Waals surface area contributed by atoms with Crippen LogP contribution in [0.2, 0.25) is 0 Å². The van der Waals surface area contributed by atoms with E-state index >= 15 is 0 Å². The number of carbonyl (C=O) groups is 4. The molecule has 0 aliphatic heterocycles. The van der Waals surface area contributed by atoms with E-state index in [9.17, 15) is 43.2 Å². The van der Waals surface area contributed by atoms with E-state index in [4.69, 9.17) is 37.0 Å². The minimum Gasteiger partial charge on any atom is -0.462 e. The van der Waals surface area contributed by atoms with Gasteiger partial charge in [0.05, 0.1) is 26.4 Å². The molecule has 594 valence electrons. The Labute approximate surface area is 613 Å². The lowest BCUT2D eigenvalue weighted by Crippen LogP contribution is -2.30. The molecular weight excluding hydrogens is 1310 g/mol. The number of aliphatic hydroxyl groups excluding tert-OH is 1. The highest BCUT2D eigenvalue weighted by molar-refractivity contribution is 7.47. The molecule has 0 rings (SSSR count). The van der Waals surface area contributed by atoms with E-state index in [0.717, 1.165) is 102 Å². The average molecular weight is 1470 g/mol. The summed E-state index contributed by atoms with van der Waals surface area (Å²) in [6, 6.07) is 0. The monoisotopic (exact) mass is 1470 g/mol. The number of carbonyl (C=O) groups excluding carboxylic acids is 4. The van der Waals surface area contributed by atoms with Crippen LogP contribution in [0.4, 0.5) is 0 Å². The van der Waals surface area contributed by atoms with Gasteiger partial charge >= 0.3 is 39.5 Å². The van der Waals surface area contributed by atoms with Gasteiger partial charge in [0, 0.05) is 25.7 Å². The van der Waals surface area contributed by atoms with Crippen molar-refractivity contribution in [2.45, 2.75) is 445 Å². The molecule has 100 heavy (non-hydrogen) atoms. The van der Waals surface area contributed by atoms with Crippen molar-refractivity contribution >= 4 is 39.5 Å². The van der Waals surface area contributed by atoms with E-state index < -0.39 is 97.5 Å². The van der Waals surface area contributed by atoms with Gasteiger partial charge in [0.25, 0.3) is 0 Å². The van der Waals surface area contributed by atoms with Crippen LogP contribution >= 0.6 is 15.6 Å². The molecule has 0 aromatic carbocycles. The van der Waals surface area contributed by atoms with Crippen LogP contribution in [0.25, 0.3) is 0 Å². The largest absolute Gasteiger partial charge is 0.472 e. The van der Waals surface area contributed by atoms with Crippen LogP contribution < -0.4 is 0 Å². The summed E-state index contributed by atoms with van der Waals surface area (Å²) in [5.41, 5.74) is 0. The van der Waals surface area contributed by atoms with Crippen molar-refractivity contribution < 1.29 is 80.2 Å². The molecule has 0 aliphatic rings. The predicted octanol–water partition coefficient (Wildman–Crippen LogP) is 24.3. The lowest BCUT2D eigenvalue weighted by atomic mass is 10.0. The maximum atomic E-state index is 13.1. The first kappa shape index (κ1) is 98.1. The van der Waals surface area contributed by atoms with Crippen LogP contribution in [0.3, 0.4) is 0 Å². The molecule has 0 fully saturated rings. The minimum absolute atomic E-state index is 0.106. The third-order valence-corrected chi connectivity index (χ3v) is 20.9. The van der Waals surface area contributed by atoms with Crippen molar-refractivity contribution in [1.29, 1.82) is 0 Å². The van der Waals surface area contributed by atoms with Gasteiger partial charge < -0.3 is 33.8 Å². The molecule has 2 unspecified atom stereocenters. The van der Waals surface area contributed by atoms with Gasteiger partial charge in [0.15, 0.2) is 12.2 Å². The molecule has 0 aromatic rings.